The van der Waals surface area contributed by atoms with Crippen molar-refractivity contribution in [1.82, 2.24) is 10.6 Å². The average Bonchev–Trinajstić information content (AvgIpc) is 3.17. The van der Waals surface area contributed by atoms with Gasteiger partial charge in [-0.3, -0.25) is 9.59 Å². The Bertz CT molecular complexity index is 820. The number of carbonyl (C=O) groups excluding carboxylic acids is 2. The summed E-state index contributed by atoms with van der Waals surface area (Å²) in [4.78, 5) is 26.2. The number of hydrogen-bond acceptors (Lipinski definition) is 5. The van der Waals surface area contributed by atoms with Crippen molar-refractivity contribution in [2.75, 3.05) is 25.2 Å². The van der Waals surface area contributed by atoms with Crippen LogP contribution >= 0.6 is 0 Å². The minimum atomic E-state index is -0.975. The number of ether oxygens (including phenoxy) is 1. The summed E-state index contributed by atoms with van der Waals surface area (Å²) in [7, 11) is 1.61. The molecule has 1 aliphatic heterocycles. The number of carbonyl (C=O) groups is 2. The molecule has 1 heterocycles. The number of unbranched alkanes of at least 4 members (excludes halogenated alkanes) is 2. The molecule has 0 spiro atoms. The van der Waals surface area contributed by atoms with Gasteiger partial charge in [0.15, 0.2) is 0 Å². The second-order valence-electron chi connectivity index (χ2n) is 10.3. The molecular formula is C27H44N4O3. The van der Waals surface area contributed by atoms with Crippen LogP contribution < -0.4 is 20.4 Å². The van der Waals surface area contributed by atoms with Crippen LogP contribution in [-0.4, -0.2) is 43.3 Å². The van der Waals surface area contributed by atoms with Gasteiger partial charge in [-0.2, -0.15) is 5.10 Å². The van der Waals surface area contributed by atoms with Crippen molar-refractivity contribution in [3.63, 3.8) is 0 Å². The largest absolute Gasteiger partial charge is 0.497 e. The van der Waals surface area contributed by atoms with Gasteiger partial charge in [-0.25, -0.2) is 5.01 Å². The number of hydrogen-bond donors (Lipinski definition) is 2. The molecule has 190 valence electrons. The Balaban J connectivity index is 2.08. The Morgan fingerprint density at radius 2 is 1.53 bits per heavy atom. The molecule has 0 bridgehead atoms. The molecule has 0 aromatic heterocycles. The van der Waals surface area contributed by atoms with Gasteiger partial charge in [0.25, 0.3) is 5.91 Å². The maximum absolute atomic E-state index is 13.3. The number of amides is 2. The number of hydrazone groups is 1. The van der Waals surface area contributed by atoms with E-state index in [0.717, 1.165) is 50.0 Å². The third-order valence-corrected chi connectivity index (χ3v) is 6.26. The van der Waals surface area contributed by atoms with Gasteiger partial charge in [0.05, 0.1) is 12.8 Å². The van der Waals surface area contributed by atoms with E-state index < -0.39 is 5.54 Å². The molecule has 1 aromatic rings. The summed E-state index contributed by atoms with van der Waals surface area (Å²) in [6, 6.07) is 7.40. The highest BCUT2D eigenvalue weighted by molar-refractivity contribution is 6.40. The number of rotatable bonds is 14. The van der Waals surface area contributed by atoms with E-state index in [0.29, 0.717) is 30.6 Å². The van der Waals surface area contributed by atoms with Crippen molar-refractivity contribution in [3.05, 3.63) is 24.3 Å². The molecule has 2 rings (SSSR count). The lowest BCUT2D eigenvalue weighted by molar-refractivity contribution is -0.125. The van der Waals surface area contributed by atoms with Crippen LogP contribution in [0.25, 0.3) is 0 Å². The van der Waals surface area contributed by atoms with E-state index in [2.05, 4.69) is 43.4 Å². The molecule has 2 N–H and O–H groups in total. The molecule has 0 saturated carbocycles. The maximum Gasteiger partial charge on any atom is 0.267 e. The lowest BCUT2D eigenvalue weighted by atomic mass is 9.93. The fourth-order valence-electron chi connectivity index (χ4n) is 4.09. The lowest BCUT2D eigenvalue weighted by Crippen LogP contribution is -2.53. The first kappa shape index (κ1) is 27.7. The number of nitrogens with zero attached hydrogens (tertiary/aromatic N) is 2. The highest BCUT2D eigenvalue weighted by Crippen LogP contribution is 2.34. The van der Waals surface area contributed by atoms with E-state index in [1.165, 1.54) is 0 Å². The van der Waals surface area contributed by atoms with Crippen molar-refractivity contribution in [3.8, 4) is 5.75 Å². The van der Waals surface area contributed by atoms with Crippen LogP contribution in [0.5, 0.6) is 5.75 Å². The van der Waals surface area contributed by atoms with Gasteiger partial charge in [0, 0.05) is 19.5 Å². The number of nitrogens with one attached hydrogen (secondary N) is 2. The number of methoxy groups -OCH3 is 1. The quantitative estimate of drug-likeness (QED) is 0.377. The molecule has 7 nitrogen and oxygen atoms in total. The van der Waals surface area contributed by atoms with Crippen molar-refractivity contribution in [2.45, 2.75) is 85.1 Å². The van der Waals surface area contributed by atoms with Crippen LogP contribution in [0, 0.1) is 11.8 Å². The molecule has 0 radical (unpaired) electrons. The molecule has 1 aliphatic rings. The van der Waals surface area contributed by atoms with Crippen LogP contribution in [0.2, 0.25) is 0 Å². The molecule has 1 aromatic carbocycles. The fourth-order valence-corrected chi connectivity index (χ4v) is 4.09. The summed E-state index contributed by atoms with van der Waals surface area (Å²) < 4.78 is 5.26. The Kier molecular flexibility index (Phi) is 10.9. The fraction of sp³-hybridized carbons (Fsp3) is 0.667. The van der Waals surface area contributed by atoms with Gasteiger partial charge >= 0.3 is 0 Å². The Morgan fingerprint density at radius 3 is 2.06 bits per heavy atom. The summed E-state index contributed by atoms with van der Waals surface area (Å²) in [5, 5.41) is 12.4. The second-order valence-corrected chi connectivity index (χ2v) is 10.3. The highest BCUT2D eigenvalue weighted by atomic mass is 16.5. The molecule has 0 saturated heterocycles. The molecule has 1 unspecified atom stereocenters. The van der Waals surface area contributed by atoms with Crippen LogP contribution in [0.1, 0.15) is 79.6 Å². The van der Waals surface area contributed by atoms with Crippen LogP contribution in [-0.2, 0) is 9.59 Å². The monoisotopic (exact) mass is 472 g/mol. The predicted octanol–water partition coefficient (Wildman–Crippen LogP) is 4.91. The number of anilines is 1. The van der Waals surface area contributed by atoms with Crippen molar-refractivity contribution >= 4 is 23.2 Å². The van der Waals surface area contributed by atoms with Crippen molar-refractivity contribution in [1.29, 1.82) is 0 Å². The first-order valence-electron chi connectivity index (χ1n) is 12.8. The van der Waals surface area contributed by atoms with Crippen molar-refractivity contribution in [2.24, 2.45) is 16.9 Å². The SMILES string of the molecule is COc1ccc(N2N=C(C(=O)NCCCCC(C)C)CC2(C)C(=O)NCCCCC(C)C)cc1. The van der Waals surface area contributed by atoms with Crippen molar-refractivity contribution < 1.29 is 14.3 Å². The molecule has 0 fully saturated rings. The normalized spacial score (nSPS) is 17.8. The van der Waals surface area contributed by atoms with E-state index in [1.54, 1.807) is 12.1 Å². The smallest absolute Gasteiger partial charge is 0.267 e. The number of benzene rings is 1. The van der Waals surface area contributed by atoms with E-state index >= 15 is 0 Å². The molecule has 34 heavy (non-hydrogen) atoms. The third kappa shape index (κ3) is 8.03. The second kappa shape index (κ2) is 13.4. The lowest BCUT2D eigenvalue weighted by Gasteiger charge is -2.33. The van der Waals surface area contributed by atoms with Crippen LogP contribution in [0.3, 0.4) is 0 Å². The topological polar surface area (TPSA) is 83.0 Å². The Hall–Kier alpha value is -2.57. The highest BCUT2D eigenvalue weighted by Gasteiger charge is 2.47. The van der Waals surface area contributed by atoms with Crippen LogP contribution in [0.15, 0.2) is 29.4 Å². The van der Waals surface area contributed by atoms with Gasteiger partial charge in [0.2, 0.25) is 5.91 Å². The zero-order chi connectivity index (χ0) is 25.1. The van der Waals surface area contributed by atoms with Gasteiger partial charge < -0.3 is 15.4 Å². The molecule has 7 heteroatoms. The van der Waals surface area contributed by atoms with Gasteiger partial charge in [-0.05, 0) is 55.9 Å². The van der Waals surface area contributed by atoms with E-state index in [4.69, 9.17) is 4.74 Å². The summed E-state index contributed by atoms with van der Waals surface area (Å²) in [5.74, 6) is 1.74. The predicted molar refractivity (Wildman–Crippen MR) is 139 cm³/mol. The molecular weight excluding hydrogens is 428 g/mol. The molecule has 1 atom stereocenters. The van der Waals surface area contributed by atoms with E-state index in [9.17, 15) is 9.59 Å². The molecule has 2 amide bonds. The molecule has 0 aliphatic carbocycles. The maximum atomic E-state index is 13.3. The van der Waals surface area contributed by atoms with Crippen LogP contribution in [0.4, 0.5) is 5.69 Å². The first-order chi connectivity index (χ1) is 16.2. The Morgan fingerprint density at radius 1 is 0.971 bits per heavy atom. The summed E-state index contributed by atoms with van der Waals surface area (Å²) in [6.45, 7) is 11.9. The zero-order valence-electron chi connectivity index (χ0n) is 21.9. The van der Waals surface area contributed by atoms with E-state index in [-0.39, 0.29) is 18.2 Å². The zero-order valence-corrected chi connectivity index (χ0v) is 21.9. The minimum Gasteiger partial charge on any atom is -0.497 e. The minimum absolute atomic E-state index is 0.114. The van der Waals surface area contributed by atoms with Gasteiger partial charge in [0.1, 0.15) is 17.0 Å². The summed E-state index contributed by atoms with van der Waals surface area (Å²) in [5.41, 5.74) is 0.159. The summed E-state index contributed by atoms with van der Waals surface area (Å²) >= 11 is 0. The van der Waals surface area contributed by atoms with E-state index in [1.807, 2.05) is 31.2 Å². The first-order valence-corrected chi connectivity index (χ1v) is 12.8. The summed E-state index contributed by atoms with van der Waals surface area (Å²) in [6.07, 6.45) is 6.60. The average molecular weight is 473 g/mol. The Labute approximate surface area is 205 Å². The van der Waals surface area contributed by atoms with Gasteiger partial charge in [-0.1, -0.05) is 53.4 Å². The third-order valence-electron chi connectivity index (χ3n) is 6.26. The van der Waals surface area contributed by atoms with Gasteiger partial charge in [-0.15, -0.1) is 0 Å². The standard InChI is InChI=1S/C27H44N4O3/c1-20(2)11-7-9-17-28-25(32)24-19-27(5,26(33)29-18-10-8-12-21(3)4)31(30-24)22-13-15-23(34-6)16-14-22/h13-16,20-21H,7-12,17-19H2,1-6H3,(H,28,32)(H,29,33).